The van der Waals surface area contributed by atoms with E-state index in [1.54, 1.807) is 0 Å². The zero-order chi connectivity index (χ0) is 7.28. The molecule has 0 saturated carbocycles. The van der Waals surface area contributed by atoms with Crippen LogP contribution in [0.2, 0.25) is 0 Å². The topological polar surface area (TPSA) is 3.24 Å². The SMILES string of the molecule is CC[CH]([Na])N(CC)CC. The average Bonchev–Trinajstić information content (AvgIpc) is 1.90. The van der Waals surface area contributed by atoms with Gasteiger partial charge in [-0.1, -0.05) is 0 Å². The molecule has 0 aliphatic carbocycles. The summed E-state index contributed by atoms with van der Waals surface area (Å²) >= 11 is 1.32. The third-order valence-corrected chi connectivity index (χ3v) is 3.57. The summed E-state index contributed by atoms with van der Waals surface area (Å²) in [5, 5.41) is 0. The van der Waals surface area contributed by atoms with E-state index in [0.717, 1.165) is 3.29 Å². The third-order valence-electron chi connectivity index (χ3n) is 2.03. The molecular weight excluding hydrogens is 121 g/mol. The molecular formula is C7H16NNa. The minimum absolute atomic E-state index is 0.903. The summed E-state index contributed by atoms with van der Waals surface area (Å²) in [4.78, 5) is 2.53. The second-order valence-electron chi connectivity index (χ2n) is 2.48. The van der Waals surface area contributed by atoms with E-state index in [1.807, 2.05) is 0 Å². The molecule has 0 aromatic carbocycles. The summed E-state index contributed by atoms with van der Waals surface area (Å²) in [5.41, 5.74) is 0. The van der Waals surface area contributed by atoms with Crippen molar-refractivity contribution in [3.05, 3.63) is 0 Å². The van der Waals surface area contributed by atoms with Crippen LogP contribution in [0.25, 0.3) is 0 Å². The van der Waals surface area contributed by atoms with Crippen LogP contribution in [0.3, 0.4) is 0 Å². The summed E-state index contributed by atoms with van der Waals surface area (Å²) in [6.45, 7) is 9.20. The van der Waals surface area contributed by atoms with Gasteiger partial charge in [-0.25, -0.2) is 0 Å². The van der Waals surface area contributed by atoms with E-state index in [9.17, 15) is 0 Å². The fourth-order valence-electron chi connectivity index (χ4n) is 1.11. The Kier molecular flexibility index (Phi) is 6.33. The number of rotatable bonds is 4. The van der Waals surface area contributed by atoms with Crippen LogP contribution in [0.15, 0.2) is 0 Å². The predicted molar refractivity (Wildman–Crippen MR) is 42.8 cm³/mol. The van der Waals surface area contributed by atoms with Crippen LogP contribution in [0.5, 0.6) is 0 Å². The van der Waals surface area contributed by atoms with E-state index in [4.69, 9.17) is 0 Å². The summed E-state index contributed by atoms with van der Waals surface area (Å²) < 4.78 is 0.903. The summed E-state index contributed by atoms with van der Waals surface area (Å²) in [7, 11) is 0. The van der Waals surface area contributed by atoms with Crippen molar-refractivity contribution >= 4 is 27.9 Å². The molecule has 9 heavy (non-hydrogen) atoms. The molecule has 0 saturated heterocycles. The van der Waals surface area contributed by atoms with Crippen molar-refractivity contribution in [3.8, 4) is 0 Å². The van der Waals surface area contributed by atoms with Crippen LogP contribution in [-0.4, -0.2) is 49.2 Å². The number of hydrogen-bond donors (Lipinski definition) is 0. The predicted octanol–water partition coefficient (Wildman–Crippen LogP) is 1.23. The first-order valence-electron chi connectivity index (χ1n) is 4.00. The van der Waals surface area contributed by atoms with E-state index < -0.39 is 0 Å². The summed E-state index contributed by atoms with van der Waals surface area (Å²) in [6.07, 6.45) is 1.33. The molecule has 0 heterocycles. The Labute approximate surface area is 76.2 Å². The molecule has 1 atom stereocenters. The standard InChI is InChI=1S/C7H16N.Na/c1-4-7-8(5-2)6-3;/h7H,4-6H2,1-3H3;. The van der Waals surface area contributed by atoms with E-state index in [2.05, 4.69) is 25.7 Å². The molecule has 0 aromatic heterocycles. The van der Waals surface area contributed by atoms with Crippen LogP contribution in [0.1, 0.15) is 27.2 Å². The molecule has 0 spiro atoms. The molecule has 2 heteroatoms. The van der Waals surface area contributed by atoms with Crippen molar-refractivity contribution in [1.29, 1.82) is 0 Å². The Morgan fingerprint density at radius 2 is 1.67 bits per heavy atom. The summed E-state index contributed by atoms with van der Waals surface area (Å²) in [6, 6.07) is 0. The molecule has 0 aromatic rings. The third kappa shape index (κ3) is 3.61. The van der Waals surface area contributed by atoms with Crippen molar-refractivity contribution in [2.75, 3.05) is 13.1 Å². The van der Waals surface area contributed by atoms with Crippen LogP contribution < -0.4 is 0 Å². The monoisotopic (exact) mass is 137 g/mol. The number of nitrogens with zero attached hydrogens (tertiary/aromatic N) is 1. The molecule has 0 rings (SSSR count). The second-order valence-corrected chi connectivity index (χ2v) is 3.81. The Morgan fingerprint density at radius 1 is 1.22 bits per heavy atom. The van der Waals surface area contributed by atoms with Crippen molar-refractivity contribution in [1.82, 2.24) is 4.90 Å². The van der Waals surface area contributed by atoms with Gasteiger partial charge in [-0.15, -0.1) is 0 Å². The van der Waals surface area contributed by atoms with Gasteiger partial charge in [-0.2, -0.15) is 0 Å². The quantitative estimate of drug-likeness (QED) is 0.527. The van der Waals surface area contributed by atoms with E-state index in [1.165, 1.54) is 47.4 Å². The van der Waals surface area contributed by atoms with Crippen molar-refractivity contribution < 1.29 is 0 Å². The minimum atomic E-state index is 0.903. The fraction of sp³-hybridized carbons (Fsp3) is 1.00. The Hall–Kier alpha value is 0.960. The van der Waals surface area contributed by atoms with Gasteiger partial charge in [-0.05, 0) is 0 Å². The van der Waals surface area contributed by atoms with Gasteiger partial charge in [0.2, 0.25) is 0 Å². The van der Waals surface area contributed by atoms with Gasteiger partial charge in [0, 0.05) is 0 Å². The molecule has 0 aliphatic heterocycles. The Bertz CT molecular complexity index is 61.9. The van der Waals surface area contributed by atoms with E-state index >= 15 is 0 Å². The zero-order valence-corrected chi connectivity index (χ0v) is 9.15. The normalized spacial score (nSPS) is 14.4. The molecule has 0 fully saturated rings. The van der Waals surface area contributed by atoms with Crippen molar-refractivity contribution in [2.45, 2.75) is 30.5 Å². The first-order valence-corrected chi connectivity index (χ1v) is 5.15. The molecule has 0 aliphatic rings. The molecule has 1 unspecified atom stereocenters. The van der Waals surface area contributed by atoms with Crippen LogP contribution in [0.4, 0.5) is 0 Å². The zero-order valence-electron chi connectivity index (χ0n) is 7.15. The average molecular weight is 137 g/mol. The van der Waals surface area contributed by atoms with Crippen LogP contribution in [-0.2, 0) is 0 Å². The second kappa shape index (κ2) is 5.72. The van der Waals surface area contributed by atoms with Gasteiger partial charge in [0.15, 0.2) is 0 Å². The van der Waals surface area contributed by atoms with Gasteiger partial charge in [0.1, 0.15) is 0 Å². The van der Waals surface area contributed by atoms with Gasteiger partial charge in [0.05, 0.1) is 0 Å². The number of hydrogen-bond acceptors (Lipinski definition) is 1. The van der Waals surface area contributed by atoms with Crippen LogP contribution >= 0.6 is 0 Å². The molecule has 0 N–H and O–H groups in total. The maximum absolute atomic E-state index is 2.53. The molecule has 50 valence electrons. The van der Waals surface area contributed by atoms with Gasteiger partial charge >= 0.3 is 76.4 Å². The first kappa shape index (κ1) is 9.96. The molecule has 0 bridgehead atoms. The van der Waals surface area contributed by atoms with Crippen LogP contribution in [0, 0.1) is 0 Å². The van der Waals surface area contributed by atoms with Gasteiger partial charge < -0.3 is 0 Å². The van der Waals surface area contributed by atoms with Gasteiger partial charge in [-0.3, -0.25) is 0 Å². The maximum atomic E-state index is 2.53. The van der Waals surface area contributed by atoms with Crippen molar-refractivity contribution in [3.63, 3.8) is 0 Å². The summed E-state index contributed by atoms with van der Waals surface area (Å²) in [5.74, 6) is 0. The first-order chi connectivity index (χ1) is 4.26. The van der Waals surface area contributed by atoms with E-state index in [0.29, 0.717) is 0 Å². The fourth-order valence-corrected chi connectivity index (χ4v) is 1.84. The Morgan fingerprint density at radius 3 is 1.78 bits per heavy atom. The molecule has 0 radical (unpaired) electrons. The van der Waals surface area contributed by atoms with Crippen molar-refractivity contribution in [2.24, 2.45) is 0 Å². The molecule has 1 nitrogen and oxygen atoms in total. The van der Waals surface area contributed by atoms with E-state index in [-0.39, 0.29) is 0 Å². The molecule has 0 amide bonds. The Balaban J connectivity index is 3.50. The van der Waals surface area contributed by atoms with Gasteiger partial charge in [0.25, 0.3) is 0 Å².